The maximum Gasteiger partial charge on any atom is 0.407 e. The number of fused-ring (bicyclic) bond motifs is 1. The summed E-state index contributed by atoms with van der Waals surface area (Å²) in [5.74, 6) is -0.322. The lowest BCUT2D eigenvalue weighted by molar-refractivity contribution is -0.384. The Hall–Kier alpha value is -3.27. The van der Waals surface area contributed by atoms with Crippen LogP contribution in [0.4, 0.5) is 10.5 Å². The minimum absolute atomic E-state index is 0.0428. The molecule has 1 N–H and O–H groups in total. The van der Waals surface area contributed by atoms with E-state index in [-0.39, 0.29) is 24.6 Å². The molecule has 1 aromatic carbocycles. The van der Waals surface area contributed by atoms with E-state index in [1.807, 2.05) is 5.38 Å². The first kappa shape index (κ1) is 16.6. The Bertz CT molecular complexity index is 931. The molecule has 0 spiro atoms. The summed E-state index contributed by atoms with van der Waals surface area (Å²) in [6, 6.07) is 5.64. The molecule has 128 valence electrons. The first-order valence-corrected chi connectivity index (χ1v) is 8.00. The van der Waals surface area contributed by atoms with Crippen molar-refractivity contribution < 1.29 is 19.2 Å². The van der Waals surface area contributed by atoms with Crippen molar-refractivity contribution in [2.24, 2.45) is 0 Å². The van der Waals surface area contributed by atoms with Crippen molar-refractivity contribution in [2.75, 3.05) is 6.54 Å². The summed E-state index contributed by atoms with van der Waals surface area (Å²) < 4.78 is 6.70. The smallest absolute Gasteiger partial charge is 0.407 e. The van der Waals surface area contributed by atoms with Gasteiger partial charge in [-0.2, -0.15) is 0 Å². The number of thiazole rings is 1. The number of Topliss-reactive ketones (excluding diaryl/α,β-unsaturated/α-hetero) is 1. The van der Waals surface area contributed by atoms with Gasteiger partial charge in [0.25, 0.3) is 5.69 Å². The largest absolute Gasteiger partial charge is 0.445 e. The molecule has 2 heterocycles. The third-order valence-corrected chi connectivity index (χ3v) is 4.21. The van der Waals surface area contributed by atoms with Crippen LogP contribution < -0.4 is 5.32 Å². The monoisotopic (exact) mass is 360 g/mol. The van der Waals surface area contributed by atoms with Crippen LogP contribution in [-0.4, -0.2) is 32.7 Å². The number of non-ortho nitro benzene ring substituents is 1. The molecule has 0 aliphatic heterocycles. The number of aromatic nitrogens is 2. The maximum absolute atomic E-state index is 12.1. The van der Waals surface area contributed by atoms with Gasteiger partial charge >= 0.3 is 6.09 Å². The summed E-state index contributed by atoms with van der Waals surface area (Å²) in [7, 11) is 0. The lowest BCUT2D eigenvalue weighted by Crippen LogP contribution is -2.30. The number of ether oxygens (including phenoxy) is 1. The molecule has 10 heteroatoms. The van der Waals surface area contributed by atoms with Gasteiger partial charge in [-0.3, -0.25) is 19.3 Å². The third-order valence-electron chi connectivity index (χ3n) is 3.32. The SMILES string of the molecule is O=C(NCC(=O)c1ncn2ccsc12)OCc1ccc([N+](=O)[O-])cc1. The third kappa shape index (κ3) is 3.80. The molecule has 0 bridgehead atoms. The number of ketones is 1. The Kier molecular flexibility index (Phi) is 4.70. The van der Waals surface area contributed by atoms with Gasteiger partial charge < -0.3 is 10.1 Å². The molecule has 3 aromatic rings. The number of nitrogens with one attached hydrogen (secondary N) is 1. The topological polar surface area (TPSA) is 116 Å². The normalized spacial score (nSPS) is 10.6. The zero-order valence-electron chi connectivity index (χ0n) is 12.7. The summed E-state index contributed by atoms with van der Waals surface area (Å²) in [5.41, 5.74) is 0.853. The van der Waals surface area contributed by atoms with Crippen LogP contribution >= 0.6 is 11.3 Å². The van der Waals surface area contributed by atoms with Gasteiger partial charge in [0, 0.05) is 23.7 Å². The number of nitro benzene ring substituents is 1. The predicted molar refractivity (Wildman–Crippen MR) is 88.7 cm³/mol. The second-order valence-electron chi connectivity index (χ2n) is 4.99. The summed E-state index contributed by atoms with van der Waals surface area (Å²) in [6.45, 7) is -0.290. The molecule has 1 amide bonds. The molecule has 0 saturated carbocycles. The zero-order valence-corrected chi connectivity index (χ0v) is 13.6. The highest BCUT2D eigenvalue weighted by molar-refractivity contribution is 7.15. The molecule has 2 aromatic heterocycles. The molecule has 0 radical (unpaired) electrons. The van der Waals surface area contributed by atoms with Crippen LogP contribution in [0.3, 0.4) is 0 Å². The van der Waals surface area contributed by atoms with Gasteiger partial charge in [-0.05, 0) is 17.7 Å². The van der Waals surface area contributed by atoms with E-state index in [9.17, 15) is 19.7 Å². The number of hydrogen-bond acceptors (Lipinski definition) is 7. The molecule has 0 unspecified atom stereocenters. The van der Waals surface area contributed by atoms with E-state index in [2.05, 4.69) is 10.3 Å². The molecule has 0 saturated heterocycles. The highest BCUT2D eigenvalue weighted by atomic mass is 32.1. The first-order chi connectivity index (χ1) is 12.0. The molecular formula is C15H12N4O5S. The lowest BCUT2D eigenvalue weighted by atomic mass is 10.2. The highest BCUT2D eigenvalue weighted by Gasteiger charge is 2.15. The number of nitrogens with zero attached hydrogens (tertiary/aromatic N) is 3. The summed E-state index contributed by atoms with van der Waals surface area (Å²) >= 11 is 1.38. The predicted octanol–water partition coefficient (Wildman–Crippen LogP) is 2.41. The minimum Gasteiger partial charge on any atom is -0.445 e. The number of benzene rings is 1. The fourth-order valence-electron chi connectivity index (χ4n) is 2.07. The van der Waals surface area contributed by atoms with Gasteiger partial charge in [-0.25, -0.2) is 9.78 Å². The number of alkyl carbamates (subject to hydrolysis) is 1. The van der Waals surface area contributed by atoms with Crippen molar-refractivity contribution in [1.29, 1.82) is 0 Å². The molecular weight excluding hydrogens is 348 g/mol. The van der Waals surface area contributed by atoms with Gasteiger partial charge in [0.1, 0.15) is 23.5 Å². The quantitative estimate of drug-likeness (QED) is 0.410. The second-order valence-corrected chi connectivity index (χ2v) is 5.88. The van der Waals surface area contributed by atoms with Crippen LogP contribution in [0.5, 0.6) is 0 Å². The van der Waals surface area contributed by atoms with E-state index < -0.39 is 11.0 Å². The molecule has 0 aliphatic rings. The summed E-state index contributed by atoms with van der Waals surface area (Å²) in [6.07, 6.45) is 2.56. The lowest BCUT2D eigenvalue weighted by Gasteiger charge is -2.06. The van der Waals surface area contributed by atoms with Crippen LogP contribution in [0, 0.1) is 10.1 Å². The van der Waals surface area contributed by atoms with Crippen molar-refractivity contribution in [3.05, 3.63) is 63.5 Å². The van der Waals surface area contributed by atoms with Gasteiger partial charge in [-0.15, -0.1) is 11.3 Å². The Labute approximate surface area is 145 Å². The van der Waals surface area contributed by atoms with E-state index >= 15 is 0 Å². The second kappa shape index (κ2) is 7.09. The molecule has 0 fully saturated rings. The summed E-state index contributed by atoms with van der Waals surface area (Å²) in [4.78, 5) is 38.5. The summed E-state index contributed by atoms with van der Waals surface area (Å²) in [5, 5.41) is 14.8. The van der Waals surface area contributed by atoms with Crippen molar-refractivity contribution in [2.45, 2.75) is 6.61 Å². The first-order valence-electron chi connectivity index (χ1n) is 7.12. The standard InChI is InChI=1S/C15H12N4O5S/c20-12(13-14-18(9-17-13)5-6-25-14)7-16-15(21)24-8-10-1-3-11(4-2-10)19(22)23/h1-6,9H,7-8H2,(H,16,21). The Morgan fingerprint density at radius 2 is 2.08 bits per heavy atom. The molecule has 3 rings (SSSR count). The Morgan fingerprint density at radius 3 is 2.80 bits per heavy atom. The van der Waals surface area contributed by atoms with Gasteiger partial charge in [0.15, 0.2) is 0 Å². The van der Waals surface area contributed by atoms with E-state index in [0.717, 1.165) is 0 Å². The van der Waals surface area contributed by atoms with Crippen LogP contribution in [-0.2, 0) is 11.3 Å². The average Bonchev–Trinajstić information content (AvgIpc) is 3.21. The Balaban J connectivity index is 1.48. The van der Waals surface area contributed by atoms with Crippen molar-refractivity contribution in [3.8, 4) is 0 Å². The minimum atomic E-state index is -0.756. The fraction of sp³-hybridized carbons (Fsp3) is 0.133. The van der Waals surface area contributed by atoms with Gasteiger partial charge in [-0.1, -0.05) is 0 Å². The molecule has 0 aliphatic carbocycles. The van der Waals surface area contributed by atoms with Gasteiger partial charge in [0.05, 0.1) is 11.5 Å². The molecule has 25 heavy (non-hydrogen) atoms. The van der Waals surface area contributed by atoms with Crippen molar-refractivity contribution >= 4 is 33.7 Å². The van der Waals surface area contributed by atoms with Crippen LogP contribution in [0.15, 0.2) is 42.2 Å². The Morgan fingerprint density at radius 1 is 1.32 bits per heavy atom. The van der Waals surface area contributed by atoms with Crippen molar-refractivity contribution in [1.82, 2.24) is 14.7 Å². The van der Waals surface area contributed by atoms with E-state index in [1.54, 1.807) is 10.6 Å². The number of rotatable bonds is 6. The molecule has 9 nitrogen and oxygen atoms in total. The highest BCUT2D eigenvalue weighted by Crippen LogP contribution is 2.16. The molecule has 0 atom stereocenters. The number of carbonyl (C=O) groups is 2. The number of carbonyl (C=O) groups excluding carboxylic acids is 2. The average molecular weight is 360 g/mol. The zero-order chi connectivity index (χ0) is 17.8. The van der Waals surface area contributed by atoms with Crippen LogP contribution in [0.1, 0.15) is 16.1 Å². The van der Waals surface area contributed by atoms with Gasteiger partial charge in [0.2, 0.25) is 5.78 Å². The fourth-order valence-corrected chi connectivity index (χ4v) is 2.90. The number of nitro groups is 1. The van der Waals surface area contributed by atoms with Crippen molar-refractivity contribution in [3.63, 3.8) is 0 Å². The van der Waals surface area contributed by atoms with E-state index in [1.165, 1.54) is 41.9 Å². The van der Waals surface area contributed by atoms with E-state index in [0.29, 0.717) is 16.1 Å². The van der Waals surface area contributed by atoms with Crippen LogP contribution in [0.25, 0.3) is 4.83 Å². The number of amides is 1. The number of imidazole rings is 1. The van der Waals surface area contributed by atoms with Crippen LogP contribution in [0.2, 0.25) is 0 Å². The van der Waals surface area contributed by atoms with E-state index in [4.69, 9.17) is 4.74 Å². The maximum atomic E-state index is 12.1. The number of hydrogen-bond donors (Lipinski definition) is 1.